The molecule has 3 rings (SSSR count). The first kappa shape index (κ1) is 23.7. The fourth-order valence-electron chi connectivity index (χ4n) is 3.22. The normalized spacial score (nSPS) is 15.1. The molecular formula is C24H29N3O4S. The Balaban J connectivity index is 1.47. The maximum Gasteiger partial charge on any atom is 0.257 e. The number of unbranched alkanes of at least 4 members (excludes halogenated alkanes) is 1. The molecule has 170 valence electrons. The SMILES string of the molecule is CCCCOc1cccc(C(=O)NC(=S)Nc2ccc(C(=O)NCC3CCCO3)cc2)c1. The van der Waals surface area contributed by atoms with Crippen molar-refractivity contribution >= 4 is 34.8 Å². The number of ether oxygens (including phenoxy) is 2. The zero-order chi connectivity index (χ0) is 22.8. The third kappa shape index (κ3) is 7.32. The van der Waals surface area contributed by atoms with E-state index in [0.717, 1.165) is 32.3 Å². The second-order valence-corrected chi connectivity index (χ2v) is 7.97. The quantitative estimate of drug-likeness (QED) is 0.393. The van der Waals surface area contributed by atoms with Crippen LogP contribution in [-0.4, -0.2) is 42.8 Å². The highest BCUT2D eigenvalue weighted by Gasteiger charge is 2.16. The van der Waals surface area contributed by atoms with Gasteiger partial charge in [-0.1, -0.05) is 19.4 Å². The second kappa shape index (κ2) is 12.2. The van der Waals surface area contributed by atoms with Crippen LogP contribution in [0.4, 0.5) is 5.69 Å². The molecule has 3 N–H and O–H groups in total. The van der Waals surface area contributed by atoms with Gasteiger partial charge < -0.3 is 20.1 Å². The molecule has 2 aromatic rings. The summed E-state index contributed by atoms with van der Waals surface area (Å²) in [7, 11) is 0. The van der Waals surface area contributed by atoms with Gasteiger partial charge in [0.1, 0.15) is 5.75 Å². The molecule has 1 aliphatic rings. The molecule has 8 heteroatoms. The van der Waals surface area contributed by atoms with E-state index in [2.05, 4.69) is 22.9 Å². The lowest BCUT2D eigenvalue weighted by Crippen LogP contribution is -2.34. The Labute approximate surface area is 193 Å². The van der Waals surface area contributed by atoms with Crippen molar-refractivity contribution in [3.05, 3.63) is 59.7 Å². The van der Waals surface area contributed by atoms with E-state index in [9.17, 15) is 9.59 Å². The number of benzene rings is 2. The maximum atomic E-state index is 12.5. The fraction of sp³-hybridized carbons (Fsp3) is 0.375. The molecule has 1 unspecified atom stereocenters. The molecule has 0 aromatic heterocycles. The van der Waals surface area contributed by atoms with E-state index in [1.54, 1.807) is 42.5 Å². The molecular weight excluding hydrogens is 426 g/mol. The van der Waals surface area contributed by atoms with Crippen LogP contribution >= 0.6 is 12.2 Å². The predicted octanol–water partition coefficient (Wildman–Crippen LogP) is 3.90. The summed E-state index contributed by atoms with van der Waals surface area (Å²) in [6, 6.07) is 13.9. The summed E-state index contributed by atoms with van der Waals surface area (Å²) in [6.07, 6.45) is 4.11. The molecule has 0 aliphatic carbocycles. The zero-order valence-electron chi connectivity index (χ0n) is 18.2. The minimum absolute atomic E-state index is 0.101. The van der Waals surface area contributed by atoms with Crippen molar-refractivity contribution < 1.29 is 19.1 Å². The van der Waals surface area contributed by atoms with Crippen LogP contribution < -0.4 is 20.7 Å². The van der Waals surface area contributed by atoms with Gasteiger partial charge in [0, 0.05) is 30.0 Å². The Bertz CT molecular complexity index is 927. The Morgan fingerprint density at radius 1 is 1.12 bits per heavy atom. The van der Waals surface area contributed by atoms with Gasteiger partial charge in [0.2, 0.25) is 0 Å². The molecule has 1 saturated heterocycles. The number of hydrogen-bond donors (Lipinski definition) is 3. The molecule has 2 amide bonds. The average Bonchev–Trinajstić information content (AvgIpc) is 3.32. The van der Waals surface area contributed by atoms with Crippen molar-refractivity contribution in [2.75, 3.05) is 25.1 Å². The Kier molecular flexibility index (Phi) is 9.01. The number of rotatable bonds is 9. The summed E-state index contributed by atoms with van der Waals surface area (Å²) >= 11 is 5.25. The van der Waals surface area contributed by atoms with Gasteiger partial charge in [0.15, 0.2) is 5.11 Å². The molecule has 32 heavy (non-hydrogen) atoms. The molecule has 1 fully saturated rings. The van der Waals surface area contributed by atoms with Gasteiger partial charge in [0.05, 0.1) is 12.7 Å². The van der Waals surface area contributed by atoms with Crippen LogP contribution in [0.3, 0.4) is 0 Å². The first-order valence-electron chi connectivity index (χ1n) is 10.9. The largest absolute Gasteiger partial charge is 0.494 e. The minimum atomic E-state index is -0.325. The summed E-state index contributed by atoms with van der Waals surface area (Å²) < 4.78 is 11.2. The third-order valence-corrected chi connectivity index (χ3v) is 5.21. The first-order valence-corrected chi connectivity index (χ1v) is 11.3. The molecule has 0 radical (unpaired) electrons. The van der Waals surface area contributed by atoms with E-state index in [1.165, 1.54) is 0 Å². The van der Waals surface area contributed by atoms with Gasteiger partial charge in [-0.2, -0.15) is 0 Å². The van der Waals surface area contributed by atoms with Gasteiger partial charge in [-0.05, 0) is 73.9 Å². The van der Waals surface area contributed by atoms with E-state index in [4.69, 9.17) is 21.7 Å². The maximum absolute atomic E-state index is 12.5. The number of carbonyl (C=O) groups excluding carboxylic acids is 2. The van der Waals surface area contributed by atoms with Crippen LogP contribution in [0.1, 0.15) is 53.3 Å². The highest BCUT2D eigenvalue weighted by atomic mass is 32.1. The molecule has 0 bridgehead atoms. The molecule has 1 atom stereocenters. The molecule has 1 heterocycles. The Hall–Kier alpha value is -2.97. The lowest BCUT2D eigenvalue weighted by molar-refractivity contribution is 0.0857. The van der Waals surface area contributed by atoms with Crippen LogP contribution in [-0.2, 0) is 4.74 Å². The van der Waals surface area contributed by atoms with Crippen LogP contribution in [0, 0.1) is 0 Å². The topological polar surface area (TPSA) is 88.7 Å². The van der Waals surface area contributed by atoms with E-state index < -0.39 is 0 Å². The standard InChI is InChI=1S/C24H29N3O4S/c1-2-3-13-30-20-7-4-6-18(15-20)23(29)27-24(32)26-19-11-9-17(10-12-19)22(28)25-16-21-8-5-14-31-21/h4,6-7,9-12,15,21H,2-3,5,8,13-14,16H2,1H3,(H,25,28)(H2,26,27,29,32). The van der Waals surface area contributed by atoms with Gasteiger partial charge in [-0.25, -0.2) is 0 Å². The summed E-state index contributed by atoms with van der Waals surface area (Å²) in [5.74, 6) is 0.177. The summed E-state index contributed by atoms with van der Waals surface area (Å²) in [4.78, 5) is 24.8. The van der Waals surface area contributed by atoms with Crippen LogP contribution in [0.5, 0.6) is 5.75 Å². The Morgan fingerprint density at radius 2 is 1.94 bits per heavy atom. The molecule has 0 spiro atoms. The highest BCUT2D eigenvalue weighted by molar-refractivity contribution is 7.80. The van der Waals surface area contributed by atoms with E-state index >= 15 is 0 Å². The summed E-state index contributed by atoms with van der Waals surface area (Å²) in [5, 5.41) is 8.68. The van der Waals surface area contributed by atoms with E-state index in [-0.39, 0.29) is 23.0 Å². The number of carbonyl (C=O) groups is 2. The van der Waals surface area contributed by atoms with Crippen molar-refractivity contribution in [2.24, 2.45) is 0 Å². The number of amides is 2. The monoisotopic (exact) mass is 455 g/mol. The lowest BCUT2D eigenvalue weighted by Gasteiger charge is -2.12. The molecule has 7 nitrogen and oxygen atoms in total. The van der Waals surface area contributed by atoms with Gasteiger partial charge >= 0.3 is 0 Å². The smallest absolute Gasteiger partial charge is 0.257 e. The minimum Gasteiger partial charge on any atom is -0.494 e. The highest BCUT2D eigenvalue weighted by Crippen LogP contribution is 2.15. The summed E-state index contributed by atoms with van der Waals surface area (Å²) in [6.45, 7) is 3.98. The first-order chi connectivity index (χ1) is 15.5. The van der Waals surface area contributed by atoms with Crippen LogP contribution in [0.25, 0.3) is 0 Å². The fourth-order valence-corrected chi connectivity index (χ4v) is 3.43. The van der Waals surface area contributed by atoms with Gasteiger partial charge in [0.25, 0.3) is 11.8 Å². The van der Waals surface area contributed by atoms with Crippen molar-refractivity contribution in [2.45, 2.75) is 38.7 Å². The Morgan fingerprint density at radius 3 is 2.66 bits per heavy atom. The van der Waals surface area contributed by atoms with E-state index in [0.29, 0.717) is 35.7 Å². The van der Waals surface area contributed by atoms with Crippen molar-refractivity contribution in [3.63, 3.8) is 0 Å². The van der Waals surface area contributed by atoms with Crippen molar-refractivity contribution in [1.82, 2.24) is 10.6 Å². The van der Waals surface area contributed by atoms with Gasteiger partial charge in [-0.15, -0.1) is 0 Å². The average molecular weight is 456 g/mol. The molecule has 1 aliphatic heterocycles. The second-order valence-electron chi connectivity index (χ2n) is 7.56. The molecule has 0 saturated carbocycles. The predicted molar refractivity (Wildman–Crippen MR) is 128 cm³/mol. The van der Waals surface area contributed by atoms with Gasteiger partial charge in [-0.3, -0.25) is 14.9 Å². The van der Waals surface area contributed by atoms with Crippen molar-refractivity contribution in [1.29, 1.82) is 0 Å². The number of anilines is 1. The van der Waals surface area contributed by atoms with Crippen LogP contribution in [0.2, 0.25) is 0 Å². The molecule has 2 aromatic carbocycles. The van der Waals surface area contributed by atoms with Crippen molar-refractivity contribution in [3.8, 4) is 5.75 Å². The zero-order valence-corrected chi connectivity index (χ0v) is 19.0. The van der Waals surface area contributed by atoms with Crippen LogP contribution in [0.15, 0.2) is 48.5 Å². The number of nitrogens with one attached hydrogen (secondary N) is 3. The number of hydrogen-bond acceptors (Lipinski definition) is 5. The number of thiocarbonyl (C=S) groups is 1. The lowest BCUT2D eigenvalue weighted by atomic mass is 10.2. The van der Waals surface area contributed by atoms with E-state index in [1.807, 2.05) is 6.07 Å². The summed E-state index contributed by atoms with van der Waals surface area (Å²) in [5.41, 5.74) is 1.67. The third-order valence-electron chi connectivity index (χ3n) is 5.01.